The first-order valence-electron chi connectivity index (χ1n) is 10.4. The smallest absolute Gasteiger partial charge is 0.157 e. The second-order valence-corrected chi connectivity index (χ2v) is 7.58. The van der Waals surface area contributed by atoms with Crippen LogP contribution in [0.3, 0.4) is 0 Å². The first-order valence-corrected chi connectivity index (χ1v) is 10.4. The van der Waals surface area contributed by atoms with Gasteiger partial charge < -0.3 is 15.1 Å². The molecule has 0 atom stereocenters. The summed E-state index contributed by atoms with van der Waals surface area (Å²) in [6.07, 6.45) is 3.08. The zero-order valence-electron chi connectivity index (χ0n) is 16.7. The molecule has 0 aliphatic carbocycles. The number of pyridine rings is 1. The van der Waals surface area contributed by atoms with E-state index in [2.05, 4.69) is 62.6 Å². The fourth-order valence-corrected chi connectivity index (χ4v) is 4.17. The van der Waals surface area contributed by atoms with Crippen molar-refractivity contribution in [1.82, 2.24) is 20.1 Å². The van der Waals surface area contributed by atoms with Gasteiger partial charge in [0.1, 0.15) is 5.52 Å². The van der Waals surface area contributed by atoms with Gasteiger partial charge >= 0.3 is 0 Å². The third kappa shape index (κ3) is 3.51. The largest absolute Gasteiger partial charge is 0.370 e. The molecule has 2 aromatic heterocycles. The van der Waals surface area contributed by atoms with Gasteiger partial charge in [0.2, 0.25) is 0 Å². The number of aromatic amines is 1. The van der Waals surface area contributed by atoms with Crippen molar-refractivity contribution in [2.75, 3.05) is 42.9 Å². The molecular weight excluding hydrogens is 360 g/mol. The summed E-state index contributed by atoms with van der Waals surface area (Å²) >= 11 is 0. The lowest BCUT2D eigenvalue weighted by atomic mass is 10.1. The highest BCUT2D eigenvalue weighted by Gasteiger charge is 2.14. The Morgan fingerprint density at radius 2 is 1.83 bits per heavy atom. The topological polar surface area (TPSA) is 60.1 Å². The first kappa shape index (κ1) is 17.9. The Kier molecular flexibility index (Phi) is 4.77. The summed E-state index contributed by atoms with van der Waals surface area (Å²) in [5.41, 5.74) is 4.20. The highest BCUT2D eigenvalue weighted by atomic mass is 15.2. The monoisotopic (exact) mass is 386 g/mol. The van der Waals surface area contributed by atoms with Crippen LogP contribution < -0.4 is 10.2 Å². The van der Waals surface area contributed by atoms with Crippen LogP contribution in [0.15, 0.2) is 54.7 Å². The Balaban J connectivity index is 1.39. The van der Waals surface area contributed by atoms with Crippen molar-refractivity contribution in [3.8, 4) is 0 Å². The van der Waals surface area contributed by atoms with Crippen molar-refractivity contribution in [2.24, 2.45) is 0 Å². The van der Waals surface area contributed by atoms with Crippen molar-refractivity contribution < 1.29 is 0 Å². The van der Waals surface area contributed by atoms with Crippen LogP contribution >= 0.6 is 0 Å². The Bertz CT molecular complexity index is 1120. The SMILES string of the molecule is CCN1CCCN(c2ccc(Nc3nc4ccccc4c4cn[nH]c34)cc2)CC1. The molecule has 3 heterocycles. The number of likely N-dealkylation sites (N-methyl/N-ethyl adjacent to an activating group) is 1. The van der Waals surface area contributed by atoms with Gasteiger partial charge in [-0.1, -0.05) is 25.1 Å². The van der Waals surface area contributed by atoms with Crippen molar-refractivity contribution in [1.29, 1.82) is 0 Å². The van der Waals surface area contributed by atoms with Crippen LogP contribution in [0.25, 0.3) is 21.8 Å². The number of nitrogens with one attached hydrogen (secondary N) is 2. The highest BCUT2D eigenvalue weighted by Crippen LogP contribution is 2.30. The molecule has 1 fully saturated rings. The van der Waals surface area contributed by atoms with Crippen molar-refractivity contribution >= 4 is 39.0 Å². The molecule has 6 heteroatoms. The van der Waals surface area contributed by atoms with Gasteiger partial charge in [0, 0.05) is 41.8 Å². The van der Waals surface area contributed by atoms with E-state index >= 15 is 0 Å². The zero-order chi connectivity index (χ0) is 19.6. The quantitative estimate of drug-likeness (QED) is 0.545. The second kappa shape index (κ2) is 7.72. The van der Waals surface area contributed by atoms with Crippen LogP contribution in [0.2, 0.25) is 0 Å². The number of para-hydroxylation sites is 1. The summed E-state index contributed by atoms with van der Waals surface area (Å²) in [7, 11) is 0. The van der Waals surface area contributed by atoms with E-state index < -0.39 is 0 Å². The summed E-state index contributed by atoms with van der Waals surface area (Å²) in [4.78, 5) is 9.83. The van der Waals surface area contributed by atoms with Crippen molar-refractivity contribution in [2.45, 2.75) is 13.3 Å². The summed E-state index contributed by atoms with van der Waals surface area (Å²) < 4.78 is 0. The number of H-pyrrole nitrogens is 1. The molecule has 2 N–H and O–H groups in total. The van der Waals surface area contributed by atoms with Crippen LogP contribution in [0.1, 0.15) is 13.3 Å². The van der Waals surface area contributed by atoms with Gasteiger partial charge in [0.25, 0.3) is 0 Å². The van der Waals surface area contributed by atoms with E-state index in [0.717, 1.165) is 59.5 Å². The average molecular weight is 387 g/mol. The van der Waals surface area contributed by atoms with E-state index in [-0.39, 0.29) is 0 Å². The molecule has 148 valence electrons. The molecule has 0 radical (unpaired) electrons. The number of aromatic nitrogens is 3. The number of hydrogen-bond donors (Lipinski definition) is 2. The molecule has 1 saturated heterocycles. The maximum absolute atomic E-state index is 4.81. The molecule has 1 aliphatic rings. The van der Waals surface area contributed by atoms with Gasteiger partial charge in [-0.15, -0.1) is 0 Å². The molecule has 2 aromatic carbocycles. The Hall–Kier alpha value is -3.12. The zero-order valence-corrected chi connectivity index (χ0v) is 16.7. The van der Waals surface area contributed by atoms with Gasteiger partial charge in [-0.3, -0.25) is 5.10 Å². The van der Waals surface area contributed by atoms with E-state index in [1.54, 1.807) is 0 Å². The normalized spacial score (nSPS) is 15.7. The van der Waals surface area contributed by atoms with Crippen LogP contribution in [0, 0.1) is 0 Å². The maximum atomic E-state index is 4.81. The fourth-order valence-electron chi connectivity index (χ4n) is 4.17. The number of rotatable bonds is 4. The summed E-state index contributed by atoms with van der Waals surface area (Å²) in [5, 5.41) is 13.0. The van der Waals surface area contributed by atoms with Crippen molar-refractivity contribution in [3.05, 3.63) is 54.7 Å². The number of benzene rings is 2. The first-order chi connectivity index (χ1) is 14.3. The van der Waals surface area contributed by atoms with E-state index in [9.17, 15) is 0 Å². The molecule has 0 spiro atoms. The minimum atomic E-state index is 0.803. The van der Waals surface area contributed by atoms with Crippen LogP contribution in [-0.2, 0) is 0 Å². The highest BCUT2D eigenvalue weighted by molar-refractivity contribution is 6.08. The maximum Gasteiger partial charge on any atom is 0.157 e. The minimum absolute atomic E-state index is 0.803. The summed E-state index contributed by atoms with van der Waals surface area (Å²) in [6, 6.07) is 16.8. The molecule has 5 rings (SSSR count). The van der Waals surface area contributed by atoms with Crippen LogP contribution in [0.5, 0.6) is 0 Å². The molecule has 0 unspecified atom stereocenters. The van der Waals surface area contributed by atoms with E-state index in [0.29, 0.717) is 0 Å². The molecular formula is C23H26N6. The Labute approximate surface area is 170 Å². The molecule has 6 nitrogen and oxygen atoms in total. The predicted octanol–water partition coefficient (Wildman–Crippen LogP) is 4.39. The molecule has 29 heavy (non-hydrogen) atoms. The Morgan fingerprint density at radius 3 is 2.69 bits per heavy atom. The number of anilines is 3. The lowest BCUT2D eigenvalue weighted by Gasteiger charge is -2.23. The number of fused-ring (bicyclic) bond motifs is 3. The van der Waals surface area contributed by atoms with E-state index in [4.69, 9.17) is 4.98 Å². The molecule has 0 bridgehead atoms. The molecule has 1 aliphatic heterocycles. The summed E-state index contributed by atoms with van der Waals surface area (Å²) in [6.45, 7) is 7.91. The molecule has 0 amide bonds. The lowest BCUT2D eigenvalue weighted by molar-refractivity contribution is 0.310. The third-order valence-electron chi connectivity index (χ3n) is 5.83. The van der Waals surface area contributed by atoms with E-state index in [1.165, 1.54) is 18.7 Å². The van der Waals surface area contributed by atoms with E-state index in [1.807, 2.05) is 24.4 Å². The third-order valence-corrected chi connectivity index (χ3v) is 5.83. The molecule has 4 aromatic rings. The predicted molar refractivity (Wildman–Crippen MR) is 120 cm³/mol. The number of nitrogens with zero attached hydrogens (tertiary/aromatic N) is 4. The standard InChI is InChI=1S/C23H26N6/c1-2-28-12-5-13-29(15-14-28)18-10-8-17(9-11-18)25-23-22-20(16-24-27-22)19-6-3-4-7-21(19)26-23/h3-4,6-11,16H,2,5,12-15H2,1H3,(H,24,27)(H,25,26). The lowest BCUT2D eigenvalue weighted by Crippen LogP contribution is -2.30. The average Bonchev–Trinajstić information content (AvgIpc) is 3.14. The fraction of sp³-hybridized carbons (Fsp3) is 0.304. The van der Waals surface area contributed by atoms with Crippen molar-refractivity contribution in [3.63, 3.8) is 0 Å². The van der Waals surface area contributed by atoms with Gasteiger partial charge in [0.05, 0.1) is 11.7 Å². The number of hydrogen-bond acceptors (Lipinski definition) is 5. The van der Waals surface area contributed by atoms with Gasteiger partial charge in [-0.05, 0) is 49.8 Å². The van der Waals surface area contributed by atoms with Crippen LogP contribution in [-0.4, -0.2) is 52.8 Å². The van der Waals surface area contributed by atoms with Gasteiger partial charge in [0.15, 0.2) is 5.82 Å². The minimum Gasteiger partial charge on any atom is -0.370 e. The second-order valence-electron chi connectivity index (χ2n) is 7.58. The van der Waals surface area contributed by atoms with Gasteiger partial charge in [-0.2, -0.15) is 5.10 Å². The van der Waals surface area contributed by atoms with Gasteiger partial charge in [-0.25, -0.2) is 4.98 Å². The molecule has 0 saturated carbocycles. The van der Waals surface area contributed by atoms with Crippen LogP contribution in [0.4, 0.5) is 17.2 Å². The summed E-state index contributed by atoms with van der Waals surface area (Å²) in [5.74, 6) is 0.803. The Morgan fingerprint density at radius 1 is 0.966 bits per heavy atom.